The fourth-order valence-corrected chi connectivity index (χ4v) is 5.14. The van der Waals surface area contributed by atoms with E-state index < -0.39 is 12.2 Å². The average Bonchev–Trinajstić information content (AvgIpc) is 3.61. The molecule has 0 aliphatic carbocycles. The van der Waals surface area contributed by atoms with Crippen molar-refractivity contribution in [2.75, 3.05) is 13.2 Å². The Bertz CT molecular complexity index is 1550. The summed E-state index contributed by atoms with van der Waals surface area (Å²) in [6.45, 7) is 4.92. The second-order valence-corrected chi connectivity index (χ2v) is 9.91. The van der Waals surface area contributed by atoms with Crippen LogP contribution in [0.1, 0.15) is 18.2 Å². The number of halogens is 1. The molecule has 6 rings (SSSR count). The fourth-order valence-electron chi connectivity index (χ4n) is 4.87. The Morgan fingerprint density at radius 1 is 0.946 bits per heavy atom. The number of aliphatic hydroxyl groups is 1. The van der Waals surface area contributed by atoms with Gasteiger partial charge in [0.25, 0.3) is 6.01 Å². The van der Waals surface area contributed by atoms with E-state index in [1.807, 2.05) is 12.1 Å². The molecule has 0 saturated carbocycles. The molecule has 6 nitrogen and oxygen atoms in total. The van der Waals surface area contributed by atoms with Gasteiger partial charge in [-0.25, -0.2) is 0 Å². The SMILES string of the molecule is CCc1[nH]c(-c2ccc(-c3ccc(-c4cc5nc(OC6COCC6O)[nH]c5cc4Cl)cc3)cc2)cc1C. The van der Waals surface area contributed by atoms with Crippen LogP contribution in [-0.4, -0.2) is 45.5 Å². The molecule has 0 amide bonds. The normalized spacial score (nSPS) is 17.5. The van der Waals surface area contributed by atoms with Crippen molar-refractivity contribution in [2.45, 2.75) is 32.5 Å². The van der Waals surface area contributed by atoms with E-state index in [9.17, 15) is 5.11 Å². The smallest absolute Gasteiger partial charge is 0.295 e. The average molecular weight is 514 g/mol. The summed E-state index contributed by atoms with van der Waals surface area (Å²) in [5.74, 6) is 0. The number of aromatic amines is 2. The monoisotopic (exact) mass is 513 g/mol. The number of ether oxygens (including phenoxy) is 2. The maximum Gasteiger partial charge on any atom is 0.295 e. The lowest BCUT2D eigenvalue weighted by molar-refractivity contribution is 0.0679. The van der Waals surface area contributed by atoms with Crippen LogP contribution >= 0.6 is 11.6 Å². The minimum absolute atomic E-state index is 0.271. The molecule has 1 aliphatic rings. The van der Waals surface area contributed by atoms with E-state index in [-0.39, 0.29) is 6.61 Å². The molecule has 3 N–H and O–H groups in total. The van der Waals surface area contributed by atoms with Gasteiger partial charge in [-0.3, -0.25) is 0 Å². The topological polar surface area (TPSA) is 83.2 Å². The minimum Gasteiger partial charge on any atom is -0.456 e. The Morgan fingerprint density at radius 2 is 1.62 bits per heavy atom. The molecular formula is C30H28ClN3O3. The summed E-state index contributed by atoms with van der Waals surface area (Å²) < 4.78 is 11.0. The van der Waals surface area contributed by atoms with Crippen molar-refractivity contribution >= 4 is 22.6 Å². The lowest BCUT2D eigenvalue weighted by atomic mass is 9.99. The Hall–Kier alpha value is -3.58. The third kappa shape index (κ3) is 4.64. The molecule has 3 aromatic carbocycles. The molecule has 1 fully saturated rings. The van der Waals surface area contributed by atoms with Crippen molar-refractivity contribution in [1.29, 1.82) is 0 Å². The summed E-state index contributed by atoms with van der Waals surface area (Å²) in [6, 6.07) is 23.4. The van der Waals surface area contributed by atoms with Gasteiger partial charge < -0.3 is 24.5 Å². The first-order valence-corrected chi connectivity index (χ1v) is 12.9. The van der Waals surface area contributed by atoms with Gasteiger partial charge in [0.15, 0.2) is 6.10 Å². The summed E-state index contributed by atoms with van der Waals surface area (Å²) in [4.78, 5) is 11.2. The van der Waals surface area contributed by atoms with Crippen LogP contribution in [0.4, 0.5) is 0 Å². The maximum absolute atomic E-state index is 9.94. The van der Waals surface area contributed by atoms with Crippen molar-refractivity contribution < 1.29 is 14.6 Å². The molecule has 2 unspecified atom stereocenters. The first-order chi connectivity index (χ1) is 18.0. The van der Waals surface area contributed by atoms with Crippen LogP contribution in [0, 0.1) is 6.92 Å². The first-order valence-electron chi connectivity index (χ1n) is 12.5. The Morgan fingerprint density at radius 3 is 2.24 bits per heavy atom. The van der Waals surface area contributed by atoms with Crippen molar-refractivity contribution in [2.24, 2.45) is 0 Å². The summed E-state index contributed by atoms with van der Waals surface area (Å²) >= 11 is 6.64. The zero-order chi connectivity index (χ0) is 25.5. The number of imidazole rings is 1. The second kappa shape index (κ2) is 9.71. The van der Waals surface area contributed by atoms with E-state index in [0.717, 1.165) is 45.4 Å². The van der Waals surface area contributed by atoms with Crippen molar-refractivity contribution in [3.63, 3.8) is 0 Å². The van der Waals surface area contributed by atoms with Gasteiger partial charge in [0.1, 0.15) is 6.10 Å². The molecule has 0 spiro atoms. The number of benzene rings is 3. The highest BCUT2D eigenvalue weighted by molar-refractivity contribution is 6.34. The van der Waals surface area contributed by atoms with Crippen LogP contribution in [-0.2, 0) is 11.2 Å². The van der Waals surface area contributed by atoms with Gasteiger partial charge in [-0.1, -0.05) is 67.1 Å². The number of aromatic nitrogens is 3. The minimum atomic E-state index is -0.659. The molecule has 5 aromatic rings. The zero-order valence-corrected chi connectivity index (χ0v) is 21.5. The van der Waals surface area contributed by atoms with Gasteiger partial charge in [-0.2, -0.15) is 4.98 Å². The van der Waals surface area contributed by atoms with Crippen molar-refractivity contribution in [1.82, 2.24) is 15.0 Å². The number of hydrogen-bond acceptors (Lipinski definition) is 4. The highest BCUT2D eigenvalue weighted by Crippen LogP contribution is 2.34. The molecule has 37 heavy (non-hydrogen) atoms. The predicted octanol–water partition coefficient (Wildman–Crippen LogP) is 6.55. The maximum atomic E-state index is 9.94. The van der Waals surface area contributed by atoms with E-state index >= 15 is 0 Å². The third-order valence-electron chi connectivity index (χ3n) is 7.01. The fraction of sp³-hybridized carbons (Fsp3) is 0.233. The molecule has 1 saturated heterocycles. The Balaban J connectivity index is 1.22. The van der Waals surface area contributed by atoms with Gasteiger partial charge >= 0.3 is 0 Å². The van der Waals surface area contributed by atoms with Crippen molar-refractivity contribution in [3.05, 3.63) is 83.0 Å². The summed E-state index contributed by atoms with van der Waals surface area (Å²) in [5, 5.41) is 10.6. The van der Waals surface area contributed by atoms with Gasteiger partial charge in [0.05, 0.1) is 29.3 Å². The number of H-pyrrole nitrogens is 2. The van der Waals surface area contributed by atoms with Crippen LogP contribution in [0.5, 0.6) is 6.01 Å². The molecular weight excluding hydrogens is 486 g/mol. The van der Waals surface area contributed by atoms with Crippen LogP contribution in [0.2, 0.25) is 5.02 Å². The summed E-state index contributed by atoms with van der Waals surface area (Å²) in [7, 11) is 0. The molecule has 0 bridgehead atoms. The van der Waals surface area contributed by atoms with E-state index in [1.165, 1.54) is 16.8 Å². The number of rotatable bonds is 6. The summed E-state index contributed by atoms with van der Waals surface area (Å²) in [5.41, 5.74) is 10.6. The molecule has 188 valence electrons. The van der Waals surface area contributed by atoms with Crippen LogP contribution in [0.3, 0.4) is 0 Å². The predicted molar refractivity (Wildman–Crippen MR) is 147 cm³/mol. The number of aliphatic hydroxyl groups excluding tert-OH is 1. The van der Waals surface area contributed by atoms with E-state index in [0.29, 0.717) is 17.6 Å². The number of aryl methyl sites for hydroxylation is 2. The summed E-state index contributed by atoms with van der Waals surface area (Å²) in [6.07, 6.45) is -0.0889. The van der Waals surface area contributed by atoms with E-state index in [1.54, 1.807) is 0 Å². The van der Waals surface area contributed by atoms with Gasteiger partial charge in [0, 0.05) is 17.0 Å². The molecule has 2 aromatic heterocycles. The lowest BCUT2D eigenvalue weighted by Gasteiger charge is -2.12. The number of hydrogen-bond donors (Lipinski definition) is 3. The highest BCUT2D eigenvalue weighted by atomic mass is 35.5. The number of nitrogens with one attached hydrogen (secondary N) is 2. The standard InChI is InChI=1S/C30H28ClN3O3/c1-3-24-17(2)12-25(32-24)21-10-6-19(7-11-21)18-4-8-20(9-5-18)22-13-26-27(14-23(22)31)34-30(33-26)37-29-16-36-15-28(29)35/h4-14,28-29,32,35H,3,15-16H2,1-2H3,(H,33,34). The van der Waals surface area contributed by atoms with Crippen LogP contribution < -0.4 is 4.74 Å². The molecule has 0 radical (unpaired) electrons. The highest BCUT2D eigenvalue weighted by Gasteiger charge is 2.29. The third-order valence-corrected chi connectivity index (χ3v) is 7.33. The molecule has 2 atom stereocenters. The quantitative estimate of drug-likeness (QED) is 0.240. The van der Waals surface area contributed by atoms with Gasteiger partial charge in [-0.05, 0) is 59.4 Å². The van der Waals surface area contributed by atoms with E-state index in [4.69, 9.17) is 21.1 Å². The van der Waals surface area contributed by atoms with Crippen molar-refractivity contribution in [3.8, 4) is 39.5 Å². The molecule has 1 aliphatic heterocycles. The van der Waals surface area contributed by atoms with Gasteiger partial charge in [0.2, 0.25) is 0 Å². The first kappa shape index (κ1) is 23.8. The number of nitrogens with zero attached hydrogens (tertiary/aromatic N) is 1. The van der Waals surface area contributed by atoms with Gasteiger partial charge in [-0.15, -0.1) is 0 Å². The Kier molecular flexibility index (Phi) is 6.24. The molecule has 7 heteroatoms. The van der Waals surface area contributed by atoms with Crippen LogP contribution in [0.15, 0.2) is 66.7 Å². The second-order valence-electron chi connectivity index (χ2n) is 9.51. The Labute approximate surface area is 220 Å². The van der Waals surface area contributed by atoms with Crippen LogP contribution in [0.25, 0.3) is 44.5 Å². The molecule has 3 heterocycles. The zero-order valence-electron chi connectivity index (χ0n) is 20.7. The largest absolute Gasteiger partial charge is 0.456 e. The van der Waals surface area contributed by atoms with E-state index in [2.05, 4.69) is 83.4 Å². The number of fused-ring (bicyclic) bond motifs is 1. The lowest BCUT2D eigenvalue weighted by Crippen LogP contribution is -2.30.